The predicted molar refractivity (Wildman–Crippen MR) is 120 cm³/mol. The molecule has 31 heavy (non-hydrogen) atoms. The minimum absolute atomic E-state index is 0.0867. The molecule has 0 unspecified atom stereocenters. The molecule has 5 nitrogen and oxygen atoms in total. The molecule has 7 heteroatoms. The van der Waals surface area contributed by atoms with Crippen molar-refractivity contribution in [3.63, 3.8) is 0 Å². The average Bonchev–Trinajstić information content (AvgIpc) is 2.75. The van der Waals surface area contributed by atoms with Gasteiger partial charge in [-0.05, 0) is 49.2 Å². The molecule has 1 heterocycles. The van der Waals surface area contributed by atoms with Crippen molar-refractivity contribution in [3.05, 3.63) is 106 Å². The van der Waals surface area contributed by atoms with E-state index in [0.717, 1.165) is 17.3 Å². The van der Waals surface area contributed by atoms with Crippen molar-refractivity contribution in [3.8, 4) is 0 Å². The first-order valence-corrected chi connectivity index (χ1v) is 11.2. The summed E-state index contributed by atoms with van der Waals surface area (Å²) >= 11 is 0. The lowest BCUT2D eigenvalue weighted by atomic mass is 10.1. The summed E-state index contributed by atoms with van der Waals surface area (Å²) < 4.78 is 41.9. The Morgan fingerprint density at radius 3 is 2.42 bits per heavy atom. The van der Waals surface area contributed by atoms with Gasteiger partial charge >= 0.3 is 0 Å². The summed E-state index contributed by atoms with van der Waals surface area (Å²) in [5, 5.41) is 2.76. The number of halogens is 1. The van der Waals surface area contributed by atoms with E-state index in [4.69, 9.17) is 0 Å². The van der Waals surface area contributed by atoms with Crippen LogP contribution in [0.2, 0.25) is 0 Å². The third kappa shape index (κ3) is 3.96. The van der Waals surface area contributed by atoms with Gasteiger partial charge in [0, 0.05) is 17.5 Å². The van der Waals surface area contributed by atoms with Crippen molar-refractivity contribution in [2.45, 2.75) is 20.4 Å². The van der Waals surface area contributed by atoms with Crippen molar-refractivity contribution in [1.29, 1.82) is 0 Å². The van der Waals surface area contributed by atoms with Gasteiger partial charge in [-0.2, -0.15) is 0 Å². The van der Waals surface area contributed by atoms with Crippen LogP contribution in [0.15, 0.2) is 77.8 Å². The molecule has 1 N–H and O–H groups in total. The van der Waals surface area contributed by atoms with Crippen LogP contribution in [0.25, 0.3) is 0 Å². The van der Waals surface area contributed by atoms with Gasteiger partial charge in [0.1, 0.15) is 5.82 Å². The molecule has 0 aliphatic carbocycles. The number of hydrogen-bond acceptors (Lipinski definition) is 4. The Bertz CT molecular complexity index is 1300. The van der Waals surface area contributed by atoms with Gasteiger partial charge < -0.3 is 5.32 Å². The van der Waals surface area contributed by atoms with E-state index >= 15 is 0 Å². The van der Waals surface area contributed by atoms with Crippen LogP contribution in [0, 0.1) is 19.7 Å². The van der Waals surface area contributed by atoms with E-state index < -0.39 is 21.6 Å². The Balaban J connectivity index is 1.76. The van der Waals surface area contributed by atoms with Gasteiger partial charge in [-0.1, -0.05) is 48.0 Å². The molecule has 0 bridgehead atoms. The molecule has 3 aromatic rings. The Morgan fingerprint density at radius 1 is 1.00 bits per heavy atom. The van der Waals surface area contributed by atoms with Gasteiger partial charge in [0.05, 0.1) is 12.2 Å². The Labute approximate surface area is 180 Å². The van der Waals surface area contributed by atoms with Crippen LogP contribution in [0.1, 0.15) is 27.0 Å². The first-order valence-electron chi connectivity index (χ1n) is 9.72. The second-order valence-corrected chi connectivity index (χ2v) is 9.29. The molecular weight excluding hydrogens is 415 g/mol. The zero-order valence-corrected chi connectivity index (χ0v) is 17.9. The fourth-order valence-corrected chi connectivity index (χ4v) is 4.91. The van der Waals surface area contributed by atoms with E-state index in [0.29, 0.717) is 22.5 Å². The third-order valence-corrected chi connectivity index (χ3v) is 6.96. The van der Waals surface area contributed by atoms with Gasteiger partial charge in [-0.3, -0.25) is 9.10 Å². The summed E-state index contributed by atoms with van der Waals surface area (Å²) in [4.78, 5) is 12.6. The van der Waals surface area contributed by atoms with Crippen molar-refractivity contribution in [2.24, 2.45) is 0 Å². The van der Waals surface area contributed by atoms with E-state index in [2.05, 4.69) is 5.32 Å². The van der Waals surface area contributed by atoms with Crippen molar-refractivity contribution >= 4 is 27.2 Å². The molecule has 0 fully saturated rings. The lowest BCUT2D eigenvalue weighted by Crippen LogP contribution is -2.39. The number of nitrogens with one attached hydrogen (secondary N) is 1. The number of nitrogens with zero attached hydrogens (tertiary/aromatic N) is 1. The Hall–Kier alpha value is -3.45. The lowest BCUT2D eigenvalue weighted by Gasteiger charge is -2.31. The maximum absolute atomic E-state index is 13.8. The number of ketones is 1. The van der Waals surface area contributed by atoms with E-state index in [1.54, 1.807) is 43.3 Å². The van der Waals surface area contributed by atoms with Gasteiger partial charge in [0.15, 0.2) is 4.91 Å². The molecule has 0 radical (unpaired) electrons. The SMILES string of the molecule is Cc1ccc(CN2c3ccccc3C(=O)/C(=C\Nc3ccc(C)c(F)c3)S2(=O)=O)cc1. The summed E-state index contributed by atoms with van der Waals surface area (Å²) in [6.07, 6.45) is 1.14. The maximum atomic E-state index is 13.8. The highest BCUT2D eigenvalue weighted by Gasteiger charge is 2.40. The monoisotopic (exact) mass is 436 g/mol. The molecule has 0 aromatic heterocycles. The number of aryl methyl sites for hydroxylation is 2. The second-order valence-electron chi connectivity index (χ2n) is 7.46. The minimum Gasteiger partial charge on any atom is -0.360 e. The van der Waals surface area contributed by atoms with Crippen LogP contribution in [0.5, 0.6) is 0 Å². The molecule has 3 aromatic carbocycles. The fraction of sp³-hybridized carbons (Fsp3) is 0.125. The van der Waals surface area contributed by atoms with Gasteiger partial charge in [0.2, 0.25) is 5.78 Å². The van der Waals surface area contributed by atoms with Crippen LogP contribution >= 0.6 is 0 Å². The quantitative estimate of drug-likeness (QED) is 0.589. The largest absolute Gasteiger partial charge is 0.360 e. The van der Waals surface area contributed by atoms with E-state index in [-0.39, 0.29) is 11.4 Å². The Morgan fingerprint density at radius 2 is 1.71 bits per heavy atom. The number of anilines is 2. The second kappa shape index (κ2) is 8.00. The summed E-state index contributed by atoms with van der Waals surface area (Å²) in [5.41, 5.74) is 3.32. The highest BCUT2D eigenvalue weighted by Crippen LogP contribution is 2.36. The molecule has 158 valence electrons. The summed E-state index contributed by atoms with van der Waals surface area (Å²) in [7, 11) is -4.14. The number of Topliss-reactive ketones (excluding diaryl/α,β-unsaturated/α-hetero) is 1. The highest BCUT2D eigenvalue weighted by atomic mass is 32.2. The number of sulfonamides is 1. The number of carbonyl (C=O) groups excluding carboxylic acids is 1. The first kappa shape index (κ1) is 20.8. The minimum atomic E-state index is -4.14. The number of benzene rings is 3. The summed E-state index contributed by atoms with van der Waals surface area (Å²) in [6, 6.07) is 18.6. The molecule has 4 rings (SSSR count). The zero-order chi connectivity index (χ0) is 22.2. The summed E-state index contributed by atoms with van der Waals surface area (Å²) in [5.74, 6) is -1.02. The van der Waals surface area contributed by atoms with Gasteiger partial charge in [-0.25, -0.2) is 12.8 Å². The molecule has 0 spiro atoms. The van der Waals surface area contributed by atoms with Crippen LogP contribution in [-0.4, -0.2) is 14.2 Å². The molecule has 0 saturated carbocycles. The highest BCUT2D eigenvalue weighted by molar-refractivity contribution is 7.97. The Kier molecular flexibility index (Phi) is 5.37. The summed E-state index contributed by atoms with van der Waals surface area (Å²) in [6.45, 7) is 3.67. The van der Waals surface area contributed by atoms with E-state index in [1.165, 1.54) is 10.4 Å². The lowest BCUT2D eigenvalue weighted by molar-refractivity contribution is 0.104. The van der Waals surface area contributed by atoms with Crippen LogP contribution < -0.4 is 9.62 Å². The first-order chi connectivity index (χ1) is 14.8. The number of allylic oxidation sites excluding steroid dienone is 1. The van der Waals surface area contributed by atoms with Gasteiger partial charge in [0.25, 0.3) is 10.0 Å². The van der Waals surface area contributed by atoms with Gasteiger partial charge in [-0.15, -0.1) is 0 Å². The zero-order valence-electron chi connectivity index (χ0n) is 17.1. The van der Waals surface area contributed by atoms with Crippen molar-refractivity contribution in [1.82, 2.24) is 0 Å². The smallest absolute Gasteiger partial charge is 0.270 e. The molecule has 0 amide bonds. The topological polar surface area (TPSA) is 66.5 Å². The van der Waals surface area contributed by atoms with Crippen molar-refractivity contribution < 1.29 is 17.6 Å². The van der Waals surface area contributed by atoms with Crippen LogP contribution in [0.4, 0.5) is 15.8 Å². The number of fused-ring (bicyclic) bond motifs is 1. The fourth-order valence-electron chi connectivity index (χ4n) is 3.38. The predicted octanol–water partition coefficient (Wildman–Crippen LogP) is 4.93. The number of carbonyl (C=O) groups is 1. The molecule has 0 atom stereocenters. The average molecular weight is 437 g/mol. The van der Waals surface area contributed by atoms with E-state index in [1.807, 2.05) is 31.2 Å². The molecule has 1 aliphatic heterocycles. The van der Waals surface area contributed by atoms with Crippen molar-refractivity contribution in [2.75, 3.05) is 9.62 Å². The number of rotatable bonds is 4. The van der Waals surface area contributed by atoms with E-state index in [9.17, 15) is 17.6 Å². The maximum Gasteiger partial charge on any atom is 0.270 e. The normalized spacial score (nSPS) is 16.3. The standard InChI is InChI=1S/C24H21FN2O3S/c1-16-7-10-18(11-8-16)15-27-22-6-4-3-5-20(22)24(28)23(31(27,29)30)14-26-19-12-9-17(2)21(25)13-19/h3-14,26H,15H2,1-2H3/b23-14+. The van der Waals surface area contributed by atoms with Crippen LogP contribution in [-0.2, 0) is 16.6 Å². The number of hydrogen-bond donors (Lipinski definition) is 1. The molecule has 0 saturated heterocycles. The molecular formula is C24H21FN2O3S. The van der Waals surface area contributed by atoms with Crippen LogP contribution in [0.3, 0.4) is 0 Å². The third-order valence-electron chi connectivity index (χ3n) is 5.20. The number of para-hydroxylation sites is 1. The molecule has 1 aliphatic rings.